The number of likely N-dealkylation sites (N-methyl/N-ethyl adjacent to an activating group) is 1. The van der Waals surface area contributed by atoms with E-state index < -0.39 is 31.3 Å². The third-order valence-corrected chi connectivity index (χ3v) is 3.02. The molecule has 0 bridgehead atoms. The predicted octanol–water partition coefficient (Wildman–Crippen LogP) is 0.693. The van der Waals surface area contributed by atoms with Gasteiger partial charge in [-0.1, -0.05) is 0 Å². The molecular weight excluding hydrogens is 279 g/mol. The van der Waals surface area contributed by atoms with E-state index in [0.717, 1.165) is 4.90 Å². The third-order valence-electron chi connectivity index (χ3n) is 3.02. The lowest BCUT2D eigenvalue weighted by Gasteiger charge is -2.37. The van der Waals surface area contributed by atoms with Crippen molar-refractivity contribution in [3.63, 3.8) is 0 Å². The molecule has 1 N–H and O–H groups in total. The number of aliphatic carboxylic acids is 1. The SMILES string of the molecule is CCN(CC(=O)O)C(=O)N1CCN(CC(F)(F)F)CC1. The first-order valence-corrected chi connectivity index (χ1v) is 6.27. The summed E-state index contributed by atoms with van der Waals surface area (Å²) >= 11 is 0. The van der Waals surface area contributed by atoms with Crippen molar-refractivity contribution in [3.8, 4) is 0 Å². The molecule has 1 heterocycles. The molecular formula is C11H18F3N3O3. The van der Waals surface area contributed by atoms with Gasteiger partial charge < -0.3 is 14.9 Å². The minimum Gasteiger partial charge on any atom is -0.480 e. The molecule has 0 unspecified atom stereocenters. The predicted molar refractivity (Wildman–Crippen MR) is 64.3 cm³/mol. The highest BCUT2D eigenvalue weighted by Crippen LogP contribution is 2.17. The van der Waals surface area contributed by atoms with E-state index in [1.165, 1.54) is 9.80 Å². The van der Waals surface area contributed by atoms with Crippen molar-refractivity contribution < 1.29 is 27.9 Å². The summed E-state index contributed by atoms with van der Waals surface area (Å²) in [5.41, 5.74) is 0. The second-order valence-corrected chi connectivity index (χ2v) is 4.57. The van der Waals surface area contributed by atoms with E-state index in [1.54, 1.807) is 6.92 Å². The number of hydrogen-bond donors (Lipinski definition) is 1. The van der Waals surface area contributed by atoms with Crippen molar-refractivity contribution in [2.45, 2.75) is 13.1 Å². The summed E-state index contributed by atoms with van der Waals surface area (Å²) in [5.74, 6) is -1.11. The van der Waals surface area contributed by atoms with E-state index in [-0.39, 0.29) is 32.7 Å². The highest BCUT2D eigenvalue weighted by Gasteiger charge is 2.33. The fourth-order valence-corrected chi connectivity index (χ4v) is 2.03. The second kappa shape index (κ2) is 6.78. The first-order valence-electron chi connectivity index (χ1n) is 6.27. The van der Waals surface area contributed by atoms with E-state index in [4.69, 9.17) is 5.11 Å². The van der Waals surface area contributed by atoms with Crippen LogP contribution in [0.2, 0.25) is 0 Å². The molecule has 20 heavy (non-hydrogen) atoms. The Hall–Kier alpha value is -1.51. The van der Waals surface area contributed by atoms with Crippen molar-refractivity contribution >= 4 is 12.0 Å². The summed E-state index contributed by atoms with van der Waals surface area (Å²) in [6.07, 6.45) is -4.25. The van der Waals surface area contributed by atoms with Crippen LogP contribution in [0, 0.1) is 0 Å². The first-order chi connectivity index (χ1) is 9.23. The van der Waals surface area contributed by atoms with Gasteiger partial charge in [-0.2, -0.15) is 13.2 Å². The minimum atomic E-state index is -4.25. The fourth-order valence-electron chi connectivity index (χ4n) is 2.03. The Morgan fingerprint density at radius 1 is 1.20 bits per heavy atom. The normalized spacial score (nSPS) is 17.1. The van der Waals surface area contributed by atoms with Gasteiger partial charge in [0.15, 0.2) is 0 Å². The number of hydrogen-bond acceptors (Lipinski definition) is 3. The summed E-state index contributed by atoms with van der Waals surface area (Å²) in [6.45, 7) is 1.12. The summed E-state index contributed by atoms with van der Waals surface area (Å²) in [7, 11) is 0. The van der Waals surface area contributed by atoms with E-state index >= 15 is 0 Å². The number of carbonyl (C=O) groups excluding carboxylic acids is 1. The Morgan fingerprint density at radius 2 is 1.75 bits per heavy atom. The van der Waals surface area contributed by atoms with Crippen molar-refractivity contribution in [2.24, 2.45) is 0 Å². The van der Waals surface area contributed by atoms with Gasteiger partial charge in [0.25, 0.3) is 0 Å². The number of rotatable bonds is 4. The van der Waals surface area contributed by atoms with Gasteiger partial charge in [-0.3, -0.25) is 9.69 Å². The maximum atomic E-state index is 12.2. The van der Waals surface area contributed by atoms with Gasteiger partial charge in [0.1, 0.15) is 6.54 Å². The highest BCUT2D eigenvalue weighted by molar-refractivity contribution is 5.80. The third kappa shape index (κ3) is 5.24. The molecule has 0 radical (unpaired) electrons. The Morgan fingerprint density at radius 3 is 2.15 bits per heavy atom. The second-order valence-electron chi connectivity index (χ2n) is 4.57. The zero-order valence-corrected chi connectivity index (χ0v) is 11.2. The van der Waals surface area contributed by atoms with E-state index in [9.17, 15) is 22.8 Å². The van der Waals surface area contributed by atoms with E-state index in [2.05, 4.69) is 0 Å². The summed E-state index contributed by atoms with van der Waals surface area (Å²) in [5, 5.41) is 8.69. The van der Waals surface area contributed by atoms with Gasteiger partial charge >= 0.3 is 18.2 Å². The number of carbonyl (C=O) groups is 2. The zero-order chi connectivity index (χ0) is 15.3. The van der Waals surface area contributed by atoms with Gasteiger partial charge in [-0.15, -0.1) is 0 Å². The number of carboxylic acids is 1. The molecule has 0 saturated carbocycles. The Balaban J connectivity index is 2.47. The van der Waals surface area contributed by atoms with Crippen molar-refractivity contribution in [1.29, 1.82) is 0 Å². The van der Waals surface area contributed by atoms with Crippen molar-refractivity contribution in [1.82, 2.24) is 14.7 Å². The van der Waals surface area contributed by atoms with Gasteiger partial charge in [0, 0.05) is 32.7 Å². The average molecular weight is 297 g/mol. The van der Waals surface area contributed by atoms with Gasteiger partial charge in [0.05, 0.1) is 6.54 Å². The number of carboxylic acid groups (broad SMARTS) is 1. The number of urea groups is 1. The quantitative estimate of drug-likeness (QED) is 0.829. The average Bonchev–Trinajstić information content (AvgIpc) is 2.34. The molecule has 0 aromatic rings. The molecule has 116 valence electrons. The van der Waals surface area contributed by atoms with Gasteiger partial charge in [0.2, 0.25) is 0 Å². The van der Waals surface area contributed by atoms with E-state index in [0.29, 0.717) is 0 Å². The maximum Gasteiger partial charge on any atom is 0.401 e. The Kier molecular flexibility index (Phi) is 5.61. The zero-order valence-electron chi connectivity index (χ0n) is 11.2. The maximum absolute atomic E-state index is 12.2. The number of halogens is 3. The standard InChI is InChI=1S/C11H18F3N3O3/c1-2-16(7-9(18)19)10(20)17-5-3-15(4-6-17)8-11(12,13)14/h2-8H2,1H3,(H,18,19). The van der Waals surface area contributed by atoms with Crippen LogP contribution in [0.3, 0.4) is 0 Å². The molecule has 0 aromatic carbocycles. The molecule has 1 rings (SSSR count). The van der Waals surface area contributed by atoms with Crippen LogP contribution in [0.25, 0.3) is 0 Å². The molecule has 1 fully saturated rings. The molecule has 0 aliphatic carbocycles. The minimum absolute atomic E-state index is 0.135. The van der Waals surface area contributed by atoms with Crippen molar-refractivity contribution in [3.05, 3.63) is 0 Å². The number of alkyl halides is 3. The monoisotopic (exact) mass is 297 g/mol. The fraction of sp³-hybridized carbons (Fsp3) is 0.818. The molecule has 0 atom stereocenters. The molecule has 1 aliphatic rings. The van der Waals surface area contributed by atoms with Crippen LogP contribution >= 0.6 is 0 Å². The molecule has 2 amide bonds. The number of piperazine rings is 1. The topological polar surface area (TPSA) is 64.1 Å². The molecule has 6 nitrogen and oxygen atoms in total. The number of nitrogens with zero attached hydrogens (tertiary/aromatic N) is 3. The van der Waals surface area contributed by atoms with E-state index in [1.807, 2.05) is 0 Å². The molecule has 0 aromatic heterocycles. The smallest absolute Gasteiger partial charge is 0.401 e. The molecule has 9 heteroatoms. The van der Waals surface area contributed by atoms with Crippen LogP contribution in [-0.4, -0.2) is 83.8 Å². The molecule has 1 saturated heterocycles. The molecule has 0 spiro atoms. The lowest BCUT2D eigenvalue weighted by molar-refractivity contribution is -0.148. The lowest BCUT2D eigenvalue weighted by atomic mass is 10.3. The van der Waals surface area contributed by atoms with Gasteiger partial charge in [-0.25, -0.2) is 4.79 Å². The summed E-state index contributed by atoms with van der Waals surface area (Å²) in [4.78, 5) is 26.4. The first kappa shape index (κ1) is 16.5. The molecule has 1 aliphatic heterocycles. The Bertz CT molecular complexity index is 355. The number of amides is 2. The highest BCUT2D eigenvalue weighted by atomic mass is 19.4. The van der Waals surface area contributed by atoms with Gasteiger partial charge in [-0.05, 0) is 6.92 Å². The van der Waals surface area contributed by atoms with Crippen molar-refractivity contribution in [2.75, 3.05) is 45.8 Å². The van der Waals surface area contributed by atoms with Crippen LogP contribution in [-0.2, 0) is 4.79 Å². The Labute approximate surface area is 114 Å². The van der Waals surface area contributed by atoms with Crippen LogP contribution in [0.4, 0.5) is 18.0 Å². The van der Waals surface area contributed by atoms with Crippen LogP contribution in [0.5, 0.6) is 0 Å². The largest absolute Gasteiger partial charge is 0.480 e. The lowest BCUT2D eigenvalue weighted by Crippen LogP contribution is -2.54. The van der Waals surface area contributed by atoms with Crippen LogP contribution < -0.4 is 0 Å². The summed E-state index contributed by atoms with van der Waals surface area (Å²) < 4.78 is 36.7. The van der Waals surface area contributed by atoms with Crippen LogP contribution in [0.15, 0.2) is 0 Å². The summed E-state index contributed by atoms with van der Waals surface area (Å²) in [6, 6.07) is -0.443. The van der Waals surface area contributed by atoms with Crippen LogP contribution in [0.1, 0.15) is 6.92 Å².